The number of rotatable bonds is 4. The molecular formula is C14H16N2O3. The Morgan fingerprint density at radius 2 is 1.68 bits per heavy atom. The lowest BCUT2D eigenvalue weighted by atomic mass is 9.82. The number of carbonyl (C=O) groups is 2. The maximum atomic E-state index is 12.0. The van der Waals surface area contributed by atoms with Crippen molar-refractivity contribution in [2.75, 3.05) is 5.43 Å². The zero-order chi connectivity index (χ0) is 13.7. The number of anilines is 1. The number of hydrogen-bond donors (Lipinski definition) is 3. The highest BCUT2D eigenvalue weighted by Gasteiger charge is 2.33. The van der Waals surface area contributed by atoms with Crippen LogP contribution in [0.5, 0.6) is 0 Å². The van der Waals surface area contributed by atoms with Gasteiger partial charge in [0.05, 0.1) is 17.5 Å². The van der Waals surface area contributed by atoms with Gasteiger partial charge in [0.25, 0.3) is 0 Å². The molecule has 1 aliphatic carbocycles. The van der Waals surface area contributed by atoms with Crippen molar-refractivity contribution in [2.24, 2.45) is 11.8 Å². The van der Waals surface area contributed by atoms with Crippen LogP contribution in [0.15, 0.2) is 42.5 Å². The number of carboxylic acid groups (broad SMARTS) is 1. The highest BCUT2D eigenvalue weighted by Crippen LogP contribution is 2.25. The zero-order valence-electron chi connectivity index (χ0n) is 10.4. The number of benzene rings is 1. The van der Waals surface area contributed by atoms with Crippen molar-refractivity contribution in [3.63, 3.8) is 0 Å². The molecule has 5 heteroatoms. The Hall–Kier alpha value is -2.30. The minimum Gasteiger partial charge on any atom is -0.481 e. The number of amides is 1. The number of carboxylic acids is 1. The molecule has 1 aromatic rings. The van der Waals surface area contributed by atoms with Crippen LogP contribution >= 0.6 is 0 Å². The Labute approximate surface area is 111 Å². The first-order chi connectivity index (χ1) is 9.18. The van der Waals surface area contributed by atoms with Crippen LogP contribution in [0.25, 0.3) is 0 Å². The van der Waals surface area contributed by atoms with Crippen molar-refractivity contribution in [3.8, 4) is 0 Å². The molecule has 1 amide bonds. The van der Waals surface area contributed by atoms with E-state index in [4.69, 9.17) is 5.11 Å². The second-order valence-corrected chi connectivity index (χ2v) is 4.47. The van der Waals surface area contributed by atoms with Gasteiger partial charge in [0, 0.05) is 0 Å². The molecule has 1 aromatic carbocycles. The molecule has 100 valence electrons. The van der Waals surface area contributed by atoms with Gasteiger partial charge in [-0.1, -0.05) is 30.4 Å². The number of para-hydroxylation sites is 1. The molecule has 3 N–H and O–H groups in total. The largest absolute Gasteiger partial charge is 0.481 e. The third-order valence-corrected chi connectivity index (χ3v) is 3.19. The van der Waals surface area contributed by atoms with Gasteiger partial charge in [0.15, 0.2) is 0 Å². The highest BCUT2D eigenvalue weighted by atomic mass is 16.4. The fraction of sp³-hybridized carbons (Fsp3) is 0.286. The van der Waals surface area contributed by atoms with Gasteiger partial charge in [0.2, 0.25) is 5.91 Å². The Balaban J connectivity index is 1.95. The number of hydrazine groups is 1. The summed E-state index contributed by atoms with van der Waals surface area (Å²) in [4.78, 5) is 23.1. The highest BCUT2D eigenvalue weighted by molar-refractivity contribution is 5.86. The summed E-state index contributed by atoms with van der Waals surface area (Å²) in [6.07, 6.45) is 4.53. The summed E-state index contributed by atoms with van der Waals surface area (Å²) in [6, 6.07) is 9.20. The first-order valence-corrected chi connectivity index (χ1v) is 6.17. The first-order valence-electron chi connectivity index (χ1n) is 6.17. The van der Waals surface area contributed by atoms with Crippen molar-refractivity contribution in [2.45, 2.75) is 12.8 Å². The number of carbonyl (C=O) groups excluding carboxylic acids is 1. The van der Waals surface area contributed by atoms with Crippen molar-refractivity contribution in [1.82, 2.24) is 5.43 Å². The Morgan fingerprint density at radius 1 is 1.05 bits per heavy atom. The third-order valence-electron chi connectivity index (χ3n) is 3.19. The van der Waals surface area contributed by atoms with E-state index >= 15 is 0 Å². The second kappa shape index (κ2) is 6.04. The maximum Gasteiger partial charge on any atom is 0.307 e. The molecule has 0 aliphatic heterocycles. The van der Waals surface area contributed by atoms with Crippen LogP contribution in [-0.2, 0) is 9.59 Å². The summed E-state index contributed by atoms with van der Waals surface area (Å²) in [5.41, 5.74) is 6.11. The van der Waals surface area contributed by atoms with Gasteiger partial charge >= 0.3 is 5.97 Å². The van der Waals surface area contributed by atoms with E-state index in [9.17, 15) is 9.59 Å². The molecule has 0 spiro atoms. The third kappa shape index (κ3) is 3.34. The molecule has 0 saturated carbocycles. The molecule has 0 heterocycles. The van der Waals surface area contributed by atoms with Crippen LogP contribution in [0.1, 0.15) is 12.8 Å². The van der Waals surface area contributed by atoms with Crippen LogP contribution in [0.4, 0.5) is 5.69 Å². The molecule has 0 bridgehead atoms. The standard InChI is InChI=1S/C14H16N2O3/c17-13(16-15-10-6-2-1-3-7-10)11-8-4-5-9-12(11)14(18)19/h1-7,11-12,15H,8-9H2,(H,16,17)(H,18,19)/t11-,12-/m0/s1. The lowest BCUT2D eigenvalue weighted by Crippen LogP contribution is -2.41. The summed E-state index contributed by atoms with van der Waals surface area (Å²) in [7, 11) is 0. The lowest BCUT2D eigenvalue weighted by molar-refractivity contribution is -0.147. The van der Waals surface area contributed by atoms with Gasteiger partial charge in [0.1, 0.15) is 0 Å². The van der Waals surface area contributed by atoms with Gasteiger partial charge in [-0.3, -0.25) is 20.4 Å². The average molecular weight is 260 g/mol. The van der Waals surface area contributed by atoms with E-state index in [0.29, 0.717) is 12.8 Å². The number of hydrogen-bond acceptors (Lipinski definition) is 3. The molecule has 19 heavy (non-hydrogen) atoms. The number of nitrogens with one attached hydrogen (secondary N) is 2. The van der Waals surface area contributed by atoms with Crippen molar-refractivity contribution in [1.29, 1.82) is 0 Å². The van der Waals surface area contributed by atoms with E-state index in [1.165, 1.54) is 0 Å². The quantitative estimate of drug-likeness (QED) is 0.569. The van der Waals surface area contributed by atoms with Crippen LogP contribution < -0.4 is 10.9 Å². The molecule has 0 radical (unpaired) electrons. The summed E-state index contributed by atoms with van der Waals surface area (Å²) in [5, 5.41) is 9.11. The molecule has 5 nitrogen and oxygen atoms in total. The summed E-state index contributed by atoms with van der Waals surface area (Å²) >= 11 is 0. The molecular weight excluding hydrogens is 244 g/mol. The first kappa shape index (κ1) is 13.1. The zero-order valence-corrected chi connectivity index (χ0v) is 10.4. The fourth-order valence-corrected chi connectivity index (χ4v) is 2.12. The number of allylic oxidation sites excluding steroid dienone is 2. The molecule has 2 atom stereocenters. The van der Waals surface area contributed by atoms with Gasteiger partial charge in [-0.15, -0.1) is 0 Å². The van der Waals surface area contributed by atoms with Crippen LogP contribution in [0, 0.1) is 11.8 Å². The molecule has 0 aromatic heterocycles. The Kier molecular flexibility index (Phi) is 4.18. The van der Waals surface area contributed by atoms with Crippen LogP contribution in [0.3, 0.4) is 0 Å². The van der Waals surface area contributed by atoms with E-state index < -0.39 is 17.8 Å². The number of aliphatic carboxylic acids is 1. The fourth-order valence-electron chi connectivity index (χ4n) is 2.12. The van der Waals surface area contributed by atoms with E-state index in [2.05, 4.69) is 10.9 Å². The average Bonchev–Trinajstić information content (AvgIpc) is 2.46. The normalized spacial score (nSPS) is 21.7. The van der Waals surface area contributed by atoms with Crippen molar-refractivity contribution >= 4 is 17.6 Å². The topological polar surface area (TPSA) is 78.4 Å². The minimum atomic E-state index is -0.927. The van der Waals surface area contributed by atoms with E-state index in [1.807, 2.05) is 42.5 Å². The minimum absolute atomic E-state index is 0.291. The summed E-state index contributed by atoms with van der Waals surface area (Å²) < 4.78 is 0. The molecule has 0 fully saturated rings. The van der Waals surface area contributed by atoms with Crippen molar-refractivity contribution < 1.29 is 14.7 Å². The van der Waals surface area contributed by atoms with E-state index in [-0.39, 0.29) is 5.91 Å². The van der Waals surface area contributed by atoms with Crippen LogP contribution in [0.2, 0.25) is 0 Å². The second-order valence-electron chi connectivity index (χ2n) is 4.47. The SMILES string of the molecule is O=C(O)[C@H]1CC=CC[C@@H]1C(=O)NNc1ccccc1. The maximum absolute atomic E-state index is 12.0. The summed E-state index contributed by atoms with van der Waals surface area (Å²) in [6.45, 7) is 0. The van der Waals surface area contributed by atoms with Gasteiger partial charge in [-0.25, -0.2) is 0 Å². The Morgan fingerprint density at radius 3 is 2.32 bits per heavy atom. The molecule has 2 rings (SSSR count). The van der Waals surface area contributed by atoms with Gasteiger partial charge in [-0.05, 0) is 25.0 Å². The predicted molar refractivity (Wildman–Crippen MR) is 71.2 cm³/mol. The molecule has 0 saturated heterocycles. The predicted octanol–water partition coefficient (Wildman–Crippen LogP) is 1.80. The van der Waals surface area contributed by atoms with Crippen molar-refractivity contribution in [3.05, 3.63) is 42.5 Å². The lowest BCUT2D eigenvalue weighted by Gasteiger charge is -2.24. The smallest absolute Gasteiger partial charge is 0.307 e. The molecule has 0 unspecified atom stereocenters. The van der Waals surface area contributed by atoms with E-state index in [0.717, 1.165) is 5.69 Å². The summed E-state index contributed by atoms with van der Waals surface area (Å²) in [5.74, 6) is -2.40. The monoisotopic (exact) mass is 260 g/mol. The van der Waals surface area contributed by atoms with E-state index in [1.54, 1.807) is 0 Å². The van der Waals surface area contributed by atoms with Crippen LogP contribution in [-0.4, -0.2) is 17.0 Å². The Bertz CT molecular complexity index is 485. The van der Waals surface area contributed by atoms with Gasteiger partial charge in [-0.2, -0.15) is 0 Å². The molecule has 1 aliphatic rings. The van der Waals surface area contributed by atoms with Gasteiger partial charge < -0.3 is 5.11 Å².